The highest BCUT2D eigenvalue weighted by molar-refractivity contribution is 7.89. The van der Waals surface area contributed by atoms with Crippen molar-refractivity contribution in [2.75, 3.05) is 13.1 Å². The third-order valence-corrected chi connectivity index (χ3v) is 6.54. The zero-order chi connectivity index (χ0) is 16.8. The zero-order valence-electron chi connectivity index (χ0n) is 12.1. The van der Waals surface area contributed by atoms with E-state index in [1.807, 2.05) is 0 Å². The number of benzene rings is 1. The smallest absolute Gasteiger partial charge is 0.244 e. The number of rotatable bonds is 3. The fourth-order valence-electron chi connectivity index (χ4n) is 2.23. The molecule has 0 bridgehead atoms. The summed E-state index contributed by atoms with van der Waals surface area (Å²) in [7, 11) is -7.82. The molecule has 1 heterocycles. The number of amides is 1. The number of nitrogens with one attached hydrogen (secondary N) is 1. The monoisotopic (exact) mass is 347 g/mol. The highest BCUT2D eigenvalue weighted by atomic mass is 32.2. The van der Waals surface area contributed by atoms with Crippen LogP contribution >= 0.6 is 0 Å². The summed E-state index contributed by atoms with van der Waals surface area (Å²) >= 11 is 0. The van der Waals surface area contributed by atoms with Crippen LogP contribution in [0, 0.1) is 0 Å². The lowest BCUT2D eigenvalue weighted by molar-refractivity contribution is -0.131. The fraction of sp³-hybridized carbons (Fsp3) is 0.417. The Balaban J connectivity index is 2.44. The molecule has 0 aromatic heterocycles. The summed E-state index contributed by atoms with van der Waals surface area (Å²) in [6, 6.07) is 4.58. The number of nitrogens with zero attached hydrogens (tertiary/aromatic N) is 1. The van der Waals surface area contributed by atoms with Crippen molar-refractivity contribution in [3.63, 3.8) is 0 Å². The zero-order valence-corrected chi connectivity index (χ0v) is 13.7. The predicted octanol–water partition coefficient (Wildman–Crippen LogP) is -0.767. The van der Waals surface area contributed by atoms with Gasteiger partial charge in [0.05, 0.1) is 9.79 Å². The Morgan fingerprint density at radius 2 is 1.59 bits per heavy atom. The van der Waals surface area contributed by atoms with E-state index < -0.39 is 25.6 Å². The molecule has 0 unspecified atom stereocenters. The maximum absolute atomic E-state index is 12.7. The fourth-order valence-corrected chi connectivity index (χ4v) is 4.49. The minimum Gasteiger partial charge on any atom is -0.353 e. The minimum atomic E-state index is -3.93. The molecule has 10 heteroatoms. The van der Waals surface area contributed by atoms with Gasteiger partial charge in [-0.05, 0) is 38.1 Å². The second-order valence-corrected chi connectivity index (χ2v) is 8.83. The molecule has 1 aliphatic rings. The van der Waals surface area contributed by atoms with Crippen LogP contribution in [0.4, 0.5) is 0 Å². The van der Waals surface area contributed by atoms with Crippen LogP contribution < -0.4 is 10.5 Å². The molecular formula is C12H17N3O5S2. The van der Waals surface area contributed by atoms with E-state index in [0.717, 1.165) is 28.6 Å². The first-order valence-electron chi connectivity index (χ1n) is 6.41. The maximum Gasteiger partial charge on any atom is 0.244 e. The molecule has 0 atom stereocenters. The maximum atomic E-state index is 12.7. The molecule has 1 aromatic rings. The highest BCUT2D eigenvalue weighted by Gasteiger charge is 2.44. The van der Waals surface area contributed by atoms with Gasteiger partial charge in [0.2, 0.25) is 26.0 Å². The molecule has 0 spiro atoms. The van der Waals surface area contributed by atoms with E-state index in [0.29, 0.717) is 0 Å². The molecule has 1 amide bonds. The van der Waals surface area contributed by atoms with Gasteiger partial charge in [-0.3, -0.25) is 4.79 Å². The molecule has 3 N–H and O–H groups in total. The predicted molar refractivity (Wildman–Crippen MR) is 78.8 cm³/mol. The van der Waals surface area contributed by atoms with Crippen molar-refractivity contribution in [2.24, 2.45) is 5.14 Å². The van der Waals surface area contributed by atoms with E-state index in [9.17, 15) is 21.6 Å². The molecular weight excluding hydrogens is 330 g/mol. The Labute approximate surface area is 129 Å². The lowest BCUT2D eigenvalue weighted by Gasteiger charge is -2.39. The van der Waals surface area contributed by atoms with Crippen LogP contribution in [0.1, 0.15) is 13.8 Å². The highest BCUT2D eigenvalue weighted by Crippen LogP contribution is 2.27. The molecule has 122 valence electrons. The standard InChI is InChI=1S/C12H17N3O5S2/c1-12(2)11(16)14-7-8-15(12)22(19,20)10-5-3-9(4-6-10)21(13,17)18/h3-6H,7-8H2,1-2H3,(H,14,16)(H2,13,17,18). The average Bonchev–Trinajstić information content (AvgIpc) is 2.40. The van der Waals surface area contributed by atoms with E-state index in [1.54, 1.807) is 0 Å². The van der Waals surface area contributed by atoms with Gasteiger partial charge in [0.1, 0.15) is 5.54 Å². The summed E-state index contributed by atoms with van der Waals surface area (Å²) < 4.78 is 48.9. The van der Waals surface area contributed by atoms with Crippen molar-refractivity contribution in [2.45, 2.75) is 29.2 Å². The summed E-state index contributed by atoms with van der Waals surface area (Å²) in [5.74, 6) is -0.386. The number of primary sulfonamides is 1. The molecule has 1 fully saturated rings. The average molecular weight is 347 g/mol. The molecule has 1 aliphatic heterocycles. The number of nitrogens with two attached hydrogens (primary N) is 1. The first kappa shape index (κ1) is 16.9. The molecule has 22 heavy (non-hydrogen) atoms. The van der Waals surface area contributed by atoms with Gasteiger partial charge in [0.15, 0.2) is 0 Å². The Kier molecular flexibility index (Phi) is 4.07. The van der Waals surface area contributed by atoms with Crippen LogP contribution in [0.2, 0.25) is 0 Å². The van der Waals surface area contributed by atoms with E-state index >= 15 is 0 Å². The number of carbonyl (C=O) groups is 1. The van der Waals surface area contributed by atoms with Crippen LogP contribution in [-0.2, 0) is 24.8 Å². The molecule has 2 rings (SSSR count). The van der Waals surface area contributed by atoms with Gasteiger partial charge in [0, 0.05) is 13.1 Å². The van der Waals surface area contributed by atoms with Gasteiger partial charge >= 0.3 is 0 Å². The van der Waals surface area contributed by atoms with Crippen molar-refractivity contribution in [1.29, 1.82) is 0 Å². The van der Waals surface area contributed by atoms with Crippen molar-refractivity contribution in [1.82, 2.24) is 9.62 Å². The topological polar surface area (TPSA) is 127 Å². The van der Waals surface area contributed by atoms with Gasteiger partial charge in [-0.25, -0.2) is 22.0 Å². The van der Waals surface area contributed by atoms with Gasteiger partial charge in [-0.2, -0.15) is 4.31 Å². The third kappa shape index (κ3) is 2.86. The number of hydrogen-bond donors (Lipinski definition) is 2. The minimum absolute atomic E-state index is 0.0947. The van der Waals surface area contributed by atoms with Crippen LogP contribution in [0.25, 0.3) is 0 Å². The van der Waals surface area contributed by atoms with E-state index in [-0.39, 0.29) is 28.8 Å². The van der Waals surface area contributed by atoms with E-state index in [2.05, 4.69) is 5.32 Å². The third-order valence-electron chi connectivity index (χ3n) is 3.52. The van der Waals surface area contributed by atoms with Crippen molar-refractivity contribution in [3.8, 4) is 0 Å². The molecule has 0 radical (unpaired) electrons. The molecule has 1 aromatic carbocycles. The quantitative estimate of drug-likeness (QED) is 0.742. The van der Waals surface area contributed by atoms with Crippen LogP contribution in [-0.4, -0.2) is 45.7 Å². The molecule has 0 aliphatic carbocycles. The van der Waals surface area contributed by atoms with E-state index in [4.69, 9.17) is 5.14 Å². The molecule has 1 saturated heterocycles. The SMILES string of the molecule is CC1(C)C(=O)NCCN1S(=O)(=O)c1ccc(S(N)(=O)=O)cc1. The number of piperazine rings is 1. The first-order chi connectivity index (χ1) is 9.97. The summed E-state index contributed by atoms with van der Waals surface area (Å²) in [5, 5.41) is 7.59. The number of hydrogen-bond acceptors (Lipinski definition) is 5. The Morgan fingerprint density at radius 3 is 2.09 bits per heavy atom. The summed E-state index contributed by atoms with van der Waals surface area (Å²) in [6.45, 7) is 3.38. The normalized spacial score (nSPS) is 19.7. The largest absolute Gasteiger partial charge is 0.353 e. The van der Waals surface area contributed by atoms with Crippen LogP contribution in [0.5, 0.6) is 0 Å². The second kappa shape index (κ2) is 5.30. The molecule has 0 saturated carbocycles. The van der Waals surface area contributed by atoms with Crippen molar-refractivity contribution >= 4 is 26.0 Å². The Bertz CT molecular complexity index is 798. The van der Waals surface area contributed by atoms with Gasteiger partial charge in [0.25, 0.3) is 0 Å². The lowest BCUT2D eigenvalue weighted by Crippen LogP contribution is -2.63. The van der Waals surface area contributed by atoms with Gasteiger partial charge in [-0.15, -0.1) is 0 Å². The summed E-state index contributed by atoms with van der Waals surface area (Å²) in [4.78, 5) is 11.6. The first-order valence-corrected chi connectivity index (χ1v) is 9.40. The summed E-state index contributed by atoms with van der Waals surface area (Å²) in [6.07, 6.45) is 0. The van der Waals surface area contributed by atoms with Gasteiger partial charge in [-0.1, -0.05) is 0 Å². The van der Waals surface area contributed by atoms with Crippen molar-refractivity contribution < 1.29 is 21.6 Å². The van der Waals surface area contributed by atoms with Crippen LogP contribution in [0.15, 0.2) is 34.1 Å². The van der Waals surface area contributed by atoms with Gasteiger partial charge < -0.3 is 5.32 Å². The number of carbonyl (C=O) groups excluding carboxylic acids is 1. The lowest BCUT2D eigenvalue weighted by atomic mass is 10.0. The Morgan fingerprint density at radius 1 is 1.09 bits per heavy atom. The second-order valence-electron chi connectivity index (χ2n) is 5.41. The Hall–Kier alpha value is -1.49. The van der Waals surface area contributed by atoms with E-state index in [1.165, 1.54) is 13.8 Å². The summed E-state index contributed by atoms with van der Waals surface area (Å²) in [5.41, 5.74) is -1.23. The number of sulfonamides is 2. The van der Waals surface area contributed by atoms with Crippen LogP contribution in [0.3, 0.4) is 0 Å². The molecule has 8 nitrogen and oxygen atoms in total. The van der Waals surface area contributed by atoms with Crippen molar-refractivity contribution in [3.05, 3.63) is 24.3 Å².